The number of fused-ring (bicyclic) bond motifs is 1. The SMILES string of the molecule is COc1ccc2c(c1)CC(C(=O)NCCn1cccc1)CO2. The minimum absolute atomic E-state index is 0.0422. The molecule has 22 heavy (non-hydrogen) atoms. The fourth-order valence-electron chi connectivity index (χ4n) is 2.64. The number of carbonyl (C=O) groups is 1. The van der Waals surface area contributed by atoms with E-state index in [0.29, 0.717) is 19.6 Å². The summed E-state index contributed by atoms with van der Waals surface area (Å²) < 4.78 is 13.0. The predicted octanol–water partition coefficient (Wildman–Crippen LogP) is 1.86. The van der Waals surface area contributed by atoms with Crippen molar-refractivity contribution in [2.24, 2.45) is 5.92 Å². The Hall–Kier alpha value is -2.43. The summed E-state index contributed by atoms with van der Waals surface area (Å²) in [7, 11) is 1.64. The molecule has 1 aliphatic heterocycles. The second kappa shape index (κ2) is 6.56. The van der Waals surface area contributed by atoms with E-state index < -0.39 is 0 Å². The Balaban J connectivity index is 1.55. The monoisotopic (exact) mass is 300 g/mol. The van der Waals surface area contributed by atoms with Gasteiger partial charge in [0.15, 0.2) is 0 Å². The molecule has 0 radical (unpaired) electrons. The molecule has 116 valence electrons. The van der Waals surface area contributed by atoms with E-state index in [1.165, 1.54) is 0 Å². The zero-order valence-electron chi connectivity index (χ0n) is 12.6. The summed E-state index contributed by atoms with van der Waals surface area (Å²) in [6, 6.07) is 9.65. The maximum absolute atomic E-state index is 12.3. The first-order valence-electron chi connectivity index (χ1n) is 7.44. The first-order chi connectivity index (χ1) is 10.8. The van der Waals surface area contributed by atoms with E-state index in [4.69, 9.17) is 9.47 Å². The molecule has 2 aromatic rings. The summed E-state index contributed by atoms with van der Waals surface area (Å²) >= 11 is 0. The van der Waals surface area contributed by atoms with E-state index >= 15 is 0 Å². The lowest BCUT2D eigenvalue weighted by atomic mass is 9.96. The summed E-state index contributed by atoms with van der Waals surface area (Å²) in [5.41, 5.74) is 1.02. The fraction of sp³-hybridized carbons (Fsp3) is 0.353. The number of benzene rings is 1. The van der Waals surface area contributed by atoms with Gasteiger partial charge < -0.3 is 19.4 Å². The van der Waals surface area contributed by atoms with Gasteiger partial charge in [-0.2, -0.15) is 0 Å². The van der Waals surface area contributed by atoms with Crippen LogP contribution in [-0.4, -0.2) is 30.7 Å². The van der Waals surface area contributed by atoms with Crippen LogP contribution < -0.4 is 14.8 Å². The number of carbonyl (C=O) groups excluding carboxylic acids is 1. The molecule has 1 unspecified atom stereocenters. The molecule has 0 saturated carbocycles. The summed E-state index contributed by atoms with van der Waals surface area (Å²) in [4.78, 5) is 12.3. The molecule has 1 aromatic carbocycles. The van der Waals surface area contributed by atoms with Gasteiger partial charge in [0.2, 0.25) is 5.91 Å². The van der Waals surface area contributed by atoms with Crippen molar-refractivity contribution < 1.29 is 14.3 Å². The summed E-state index contributed by atoms with van der Waals surface area (Å²) in [5.74, 6) is 1.53. The normalized spacial score (nSPS) is 16.5. The van der Waals surface area contributed by atoms with Gasteiger partial charge in [-0.05, 0) is 42.3 Å². The average molecular weight is 300 g/mol. The van der Waals surface area contributed by atoms with Crippen molar-refractivity contribution in [2.75, 3.05) is 20.3 Å². The van der Waals surface area contributed by atoms with Crippen molar-refractivity contribution >= 4 is 5.91 Å². The van der Waals surface area contributed by atoms with E-state index in [1.807, 2.05) is 47.3 Å². The molecule has 5 heteroatoms. The number of methoxy groups -OCH3 is 1. The first-order valence-corrected chi connectivity index (χ1v) is 7.44. The molecule has 2 heterocycles. The van der Waals surface area contributed by atoms with Gasteiger partial charge >= 0.3 is 0 Å². The quantitative estimate of drug-likeness (QED) is 0.917. The number of nitrogens with zero attached hydrogens (tertiary/aromatic N) is 1. The minimum Gasteiger partial charge on any atom is -0.497 e. The van der Waals surface area contributed by atoms with Crippen molar-refractivity contribution in [1.82, 2.24) is 9.88 Å². The fourth-order valence-corrected chi connectivity index (χ4v) is 2.64. The Morgan fingerprint density at radius 3 is 3.00 bits per heavy atom. The number of hydrogen-bond donors (Lipinski definition) is 1. The van der Waals surface area contributed by atoms with E-state index in [0.717, 1.165) is 23.6 Å². The predicted molar refractivity (Wildman–Crippen MR) is 83.1 cm³/mol. The largest absolute Gasteiger partial charge is 0.497 e. The minimum atomic E-state index is -0.149. The van der Waals surface area contributed by atoms with Crippen LogP contribution in [0.25, 0.3) is 0 Å². The van der Waals surface area contributed by atoms with Crippen LogP contribution in [0.2, 0.25) is 0 Å². The van der Waals surface area contributed by atoms with Gasteiger partial charge in [0.25, 0.3) is 0 Å². The summed E-state index contributed by atoms with van der Waals surface area (Å²) in [5, 5.41) is 2.98. The molecule has 1 amide bonds. The Bertz CT molecular complexity index is 637. The lowest BCUT2D eigenvalue weighted by Gasteiger charge is -2.25. The molecule has 1 aliphatic rings. The van der Waals surface area contributed by atoms with Crippen molar-refractivity contribution in [3.8, 4) is 11.5 Å². The van der Waals surface area contributed by atoms with Gasteiger partial charge in [-0.25, -0.2) is 0 Å². The number of aromatic nitrogens is 1. The number of ether oxygens (including phenoxy) is 2. The van der Waals surface area contributed by atoms with E-state index in [2.05, 4.69) is 5.32 Å². The molecule has 1 N–H and O–H groups in total. The molecule has 0 fully saturated rings. The lowest BCUT2D eigenvalue weighted by molar-refractivity contribution is -0.126. The van der Waals surface area contributed by atoms with Crippen LogP contribution >= 0.6 is 0 Å². The molecule has 1 aromatic heterocycles. The highest BCUT2D eigenvalue weighted by molar-refractivity contribution is 5.79. The number of nitrogens with one attached hydrogen (secondary N) is 1. The Kier molecular flexibility index (Phi) is 4.32. The highest BCUT2D eigenvalue weighted by Crippen LogP contribution is 2.30. The molecule has 5 nitrogen and oxygen atoms in total. The second-order valence-electron chi connectivity index (χ2n) is 5.40. The zero-order valence-corrected chi connectivity index (χ0v) is 12.6. The van der Waals surface area contributed by atoms with Gasteiger partial charge in [0.1, 0.15) is 18.1 Å². The molecule has 3 rings (SSSR count). The number of amides is 1. The van der Waals surface area contributed by atoms with Gasteiger partial charge in [-0.3, -0.25) is 4.79 Å². The third-order valence-corrected chi connectivity index (χ3v) is 3.88. The van der Waals surface area contributed by atoms with Crippen LogP contribution in [0.1, 0.15) is 5.56 Å². The maximum atomic E-state index is 12.3. The molecular formula is C17H20N2O3. The van der Waals surface area contributed by atoms with Gasteiger partial charge in [-0.1, -0.05) is 0 Å². The summed E-state index contributed by atoms with van der Waals surface area (Å²) in [6.07, 6.45) is 4.65. The smallest absolute Gasteiger partial charge is 0.226 e. The second-order valence-corrected chi connectivity index (χ2v) is 5.40. The molecule has 0 aliphatic carbocycles. The summed E-state index contributed by atoms with van der Waals surface area (Å²) in [6.45, 7) is 1.82. The number of hydrogen-bond acceptors (Lipinski definition) is 3. The Morgan fingerprint density at radius 2 is 2.23 bits per heavy atom. The Morgan fingerprint density at radius 1 is 1.41 bits per heavy atom. The molecule has 0 bridgehead atoms. The topological polar surface area (TPSA) is 52.5 Å². The van der Waals surface area contributed by atoms with Crippen LogP contribution in [0, 0.1) is 5.92 Å². The third kappa shape index (κ3) is 3.24. The van der Waals surface area contributed by atoms with Gasteiger partial charge in [0, 0.05) is 25.5 Å². The highest BCUT2D eigenvalue weighted by Gasteiger charge is 2.26. The van der Waals surface area contributed by atoms with E-state index in [9.17, 15) is 4.79 Å². The van der Waals surface area contributed by atoms with Crippen molar-refractivity contribution in [3.05, 3.63) is 48.3 Å². The first kappa shape index (κ1) is 14.5. The molecule has 0 spiro atoms. The van der Waals surface area contributed by atoms with Crippen molar-refractivity contribution in [2.45, 2.75) is 13.0 Å². The zero-order chi connectivity index (χ0) is 15.4. The Labute approximate surface area is 129 Å². The van der Waals surface area contributed by atoms with E-state index in [-0.39, 0.29) is 11.8 Å². The van der Waals surface area contributed by atoms with Gasteiger partial charge in [0.05, 0.1) is 13.0 Å². The van der Waals surface area contributed by atoms with Crippen LogP contribution in [-0.2, 0) is 17.8 Å². The maximum Gasteiger partial charge on any atom is 0.226 e. The molecular weight excluding hydrogens is 280 g/mol. The highest BCUT2D eigenvalue weighted by atomic mass is 16.5. The van der Waals surface area contributed by atoms with Crippen LogP contribution in [0.3, 0.4) is 0 Å². The van der Waals surface area contributed by atoms with E-state index in [1.54, 1.807) is 7.11 Å². The number of rotatable bonds is 5. The third-order valence-electron chi connectivity index (χ3n) is 3.88. The van der Waals surface area contributed by atoms with Crippen molar-refractivity contribution in [3.63, 3.8) is 0 Å². The standard InChI is InChI=1S/C17H20N2O3/c1-21-15-4-5-16-13(11-15)10-14(12-22-16)17(20)18-6-9-19-7-2-3-8-19/h2-5,7-8,11,14H,6,9-10,12H2,1H3,(H,18,20). The van der Waals surface area contributed by atoms with Crippen LogP contribution in [0.15, 0.2) is 42.7 Å². The lowest BCUT2D eigenvalue weighted by Crippen LogP contribution is -2.38. The average Bonchev–Trinajstić information content (AvgIpc) is 3.07. The molecule has 1 atom stereocenters. The van der Waals surface area contributed by atoms with Crippen LogP contribution in [0.5, 0.6) is 11.5 Å². The van der Waals surface area contributed by atoms with Crippen LogP contribution in [0.4, 0.5) is 0 Å². The van der Waals surface area contributed by atoms with Gasteiger partial charge in [-0.15, -0.1) is 0 Å². The molecule has 0 saturated heterocycles. The van der Waals surface area contributed by atoms with Crippen molar-refractivity contribution in [1.29, 1.82) is 0 Å².